The smallest absolute Gasteiger partial charge is 0.148 e. The SMILES string of the molecule is [2H]C([2H])([2H])c1cc(-n2c(-c3cc(C(C([2H])([2H])[2H])(C([2H])([2H])[2H])C([2H])([2H])[2H])cc(C(C([2H])([2H])[2H])(C([2H])([2H])[2H])C([2H])([2H])[2H])c3O)nc3c(-c4[c-]c(-c5cc(-c6ccc(C([2H])(C)C)cc6)ccn5)cc(-c5ccccc5)c4)cccc32)ccc1-c1ccccc1.[Pt]. The van der Waals surface area contributed by atoms with Crippen LogP contribution >= 0.6 is 0 Å². The van der Waals surface area contributed by atoms with E-state index in [-0.39, 0.29) is 60.5 Å². The maximum Gasteiger partial charge on any atom is 0.148 e. The second kappa shape index (κ2) is 17.9. The van der Waals surface area contributed by atoms with E-state index in [1.165, 1.54) is 28.8 Å². The number of benzene rings is 7. The molecule has 9 rings (SSSR count). The van der Waals surface area contributed by atoms with Gasteiger partial charge in [0.25, 0.3) is 0 Å². The number of phenolic OH excluding ortho intramolecular Hbond substituents is 1. The molecular weight excluding hydrogens is 974 g/mol. The van der Waals surface area contributed by atoms with Crippen molar-refractivity contribution in [3.8, 4) is 78.6 Å². The summed E-state index contributed by atoms with van der Waals surface area (Å²) in [5, 5.41) is 13.0. The molecule has 9 aromatic rings. The van der Waals surface area contributed by atoms with Crippen LogP contribution in [0, 0.1) is 12.9 Å². The molecule has 0 bridgehead atoms. The predicted octanol–water partition coefficient (Wildman–Crippen LogP) is 16.0. The zero-order chi connectivity index (χ0) is 63.3. The van der Waals surface area contributed by atoms with Crippen molar-refractivity contribution in [1.82, 2.24) is 14.5 Å². The number of hydrogen-bond acceptors (Lipinski definition) is 3. The summed E-state index contributed by atoms with van der Waals surface area (Å²) in [4.78, 5) is 9.79. The van der Waals surface area contributed by atoms with Gasteiger partial charge in [-0.2, -0.15) is 0 Å². The van der Waals surface area contributed by atoms with E-state index >= 15 is 0 Å². The van der Waals surface area contributed by atoms with Gasteiger partial charge in [0.1, 0.15) is 11.6 Å². The third-order valence-electron chi connectivity index (χ3n) is 11.3. The Hall–Kier alpha value is -6.35. The first-order valence-electron chi connectivity index (χ1n) is 31.5. The van der Waals surface area contributed by atoms with Gasteiger partial charge in [0.2, 0.25) is 0 Å². The second-order valence-corrected chi connectivity index (χ2v) is 16.0. The normalized spacial score (nSPS) is 18.4. The van der Waals surface area contributed by atoms with Gasteiger partial charge in [-0.3, -0.25) is 9.55 Å². The van der Waals surface area contributed by atoms with E-state index in [0.717, 1.165) is 22.3 Å². The Kier molecular flexibility index (Phi) is 6.99. The van der Waals surface area contributed by atoms with E-state index in [1.807, 2.05) is 72.8 Å². The van der Waals surface area contributed by atoms with E-state index in [0.29, 0.717) is 34.0 Å². The molecule has 4 nitrogen and oxygen atoms in total. The Bertz CT molecular complexity index is 3930. The van der Waals surface area contributed by atoms with Crippen molar-refractivity contribution in [2.24, 2.45) is 0 Å². The summed E-state index contributed by atoms with van der Waals surface area (Å²) >= 11 is 0. The second-order valence-electron chi connectivity index (χ2n) is 16.0. The molecule has 0 saturated heterocycles. The Morgan fingerprint density at radius 1 is 0.615 bits per heavy atom. The van der Waals surface area contributed by atoms with Gasteiger partial charge < -0.3 is 5.11 Å². The molecule has 2 heterocycles. The summed E-state index contributed by atoms with van der Waals surface area (Å²) in [6.07, 6.45) is 1.63. The molecule has 0 aliphatic rings. The molecule has 0 atom stereocenters. The van der Waals surface area contributed by atoms with Gasteiger partial charge in [0.05, 0.1) is 16.6 Å². The van der Waals surface area contributed by atoms with Gasteiger partial charge in [0, 0.05) is 74.4 Å². The number of rotatable bonds is 8. The molecule has 5 heteroatoms. The number of imidazole rings is 1. The Morgan fingerprint density at radius 2 is 1.31 bits per heavy atom. The van der Waals surface area contributed by atoms with Crippen LogP contribution in [0.5, 0.6) is 5.75 Å². The van der Waals surface area contributed by atoms with E-state index in [1.54, 1.807) is 68.6 Å². The Morgan fingerprint density at radius 3 is 2.00 bits per heavy atom. The maximum absolute atomic E-state index is 13.0. The van der Waals surface area contributed by atoms with Crippen molar-refractivity contribution in [3.05, 3.63) is 192 Å². The monoisotopic (exact) mass is 1050 g/mol. The molecule has 0 spiro atoms. The molecule has 0 saturated carbocycles. The minimum Gasteiger partial charge on any atom is -0.507 e. The Balaban J connectivity index is 0.00000982. The first kappa shape index (κ1) is 25.4. The van der Waals surface area contributed by atoms with Gasteiger partial charge in [-0.15, -0.1) is 23.8 Å². The van der Waals surface area contributed by atoms with Crippen molar-refractivity contribution in [2.75, 3.05) is 0 Å². The van der Waals surface area contributed by atoms with Crippen molar-refractivity contribution >= 4 is 11.0 Å². The minimum atomic E-state index is -4.23. The van der Waals surface area contributed by atoms with Gasteiger partial charge >= 0.3 is 0 Å². The molecule has 65 heavy (non-hydrogen) atoms. The number of aryl methyl sites for hydroxylation is 1. The van der Waals surface area contributed by atoms with Gasteiger partial charge in [-0.25, -0.2) is 4.98 Å². The van der Waals surface area contributed by atoms with Crippen LogP contribution in [0.3, 0.4) is 0 Å². The summed E-state index contributed by atoms with van der Waals surface area (Å²) in [6, 6.07) is 46.0. The van der Waals surface area contributed by atoms with Crippen LogP contribution in [-0.4, -0.2) is 19.6 Å². The van der Waals surface area contributed by atoms with E-state index in [9.17, 15) is 5.11 Å². The number of hydrogen-bond donors (Lipinski definition) is 1. The van der Waals surface area contributed by atoms with Crippen LogP contribution < -0.4 is 0 Å². The van der Waals surface area contributed by atoms with Gasteiger partial charge in [-0.1, -0.05) is 187 Å². The average molecular weight is 1050 g/mol. The van der Waals surface area contributed by atoms with Crippen molar-refractivity contribution in [1.29, 1.82) is 0 Å². The van der Waals surface area contributed by atoms with Crippen molar-refractivity contribution < 1.29 is 56.3 Å². The van der Waals surface area contributed by atoms with Crippen molar-refractivity contribution in [2.45, 2.75) is 78.5 Å². The largest absolute Gasteiger partial charge is 0.507 e. The van der Waals surface area contributed by atoms with Crippen LogP contribution in [0.2, 0.25) is 0 Å². The fourth-order valence-corrected chi connectivity index (χ4v) is 8.01. The zero-order valence-electron chi connectivity index (χ0n) is 57.2. The number of aromatic hydroxyl groups is 1. The molecule has 7 aromatic carbocycles. The molecule has 2 aromatic heterocycles. The maximum atomic E-state index is 13.0. The topological polar surface area (TPSA) is 50.9 Å². The first-order valence-corrected chi connectivity index (χ1v) is 20.5. The summed E-state index contributed by atoms with van der Waals surface area (Å²) in [5.74, 6) is -2.94. The fourth-order valence-electron chi connectivity index (χ4n) is 8.01. The first-order chi connectivity index (χ1) is 39.6. The molecule has 0 fully saturated rings. The molecule has 0 aliphatic carbocycles. The molecular formula is C60H56N3OPt-. The third kappa shape index (κ3) is 9.02. The summed E-state index contributed by atoms with van der Waals surface area (Å²) in [5.41, 5.74) is -6.29. The molecule has 1 N–H and O–H groups in total. The van der Waals surface area contributed by atoms with Crippen LogP contribution in [-0.2, 0) is 31.9 Å². The Labute approximate surface area is 430 Å². The number of para-hydroxylation sites is 1. The molecule has 0 unspecified atom stereocenters. The number of phenols is 1. The van der Waals surface area contributed by atoms with Crippen molar-refractivity contribution in [3.63, 3.8) is 0 Å². The van der Waals surface area contributed by atoms with Gasteiger partial charge in [-0.05, 0) is 98.4 Å². The summed E-state index contributed by atoms with van der Waals surface area (Å²) in [6.45, 7) is -24.3. The van der Waals surface area contributed by atoms with E-state index < -0.39 is 93.0 Å². The van der Waals surface area contributed by atoms with E-state index in [2.05, 4.69) is 6.07 Å². The predicted molar refractivity (Wildman–Crippen MR) is 268 cm³/mol. The molecule has 0 amide bonds. The minimum absolute atomic E-state index is 0. The van der Waals surface area contributed by atoms with Gasteiger partial charge in [0.15, 0.2) is 0 Å². The van der Waals surface area contributed by atoms with Crippen LogP contribution in [0.15, 0.2) is 164 Å². The molecule has 0 radical (unpaired) electrons. The zero-order valence-corrected chi connectivity index (χ0v) is 37.5. The van der Waals surface area contributed by atoms with Crippen LogP contribution in [0.1, 0.15) is 113 Å². The number of nitrogens with zero attached hydrogens (tertiary/aromatic N) is 3. The standard InChI is InChI=1S/C60H56N3O.Pt/c1-38(2)40-23-25-42(26-24-40)44-29-30-61-54(35-44)47-33-45(41-17-12-10-13-18-41)32-46(34-47)51-21-16-22-55-56(51)62-58(52-36-48(59(4,5)6)37-53(57(52)64)60(7,8)9)63(55)49-27-28-50(39(3)31-49)43-19-14-11-15-20-43;/h10-33,35-38,64H,1-9H3;/q-1;/i3D3,4D3,5D3,6D3,7D3,8D3,9D3,38D;. The molecule has 328 valence electrons. The number of aromatic nitrogens is 3. The number of pyridine rings is 1. The average Bonchev–Trinajstić information content (AvgIpc) is 1.05. The van der Waals surface area contributed by atoms with E-state index in [4.69, 9.17) is 40.1 Å². The van der Waals surface area contributed by atoms with Crippen LogP contribution in [0.25, 0.3) is 83.9 Å². The fraction of sp³-hybridized carbons (Fsp3) is 0.200. The van der Waals surface area contributed by atoms with Crippen LogP contribution in [0.4, 0.5) is 0 Å². The summed E-state index contributed by atoms with van der Waals surface area (Å²) in [7, 11) is 0. The quantitative estimate of drug-likeness (QED) is 0.154. The molecule has 0 aliphatic heterocycles. The summed E-state index contributed by atoms with van der Waals surface area (Å²) < 4.78 is 193. The number of fused-ring (bicyclic) bond motifs is 1. The third-order valence-corrected chi connectivity index (χ3v) is 11.3.